The molecule has 5 heteroatoms. The maximum absolute atomic E-state index is 11.0. The zero-order valence-corrected chi connectivity index (χ0v) is 9.00. The van der Waals surface area contributed by atoms with E-state index in [1.54, 1.807) is 12.1 Å². The third-order valence-corrected chi connectivity index (χ3v) is 1.86. The van der Waals surface area contributed by atoms with Crippen LogP contribution in [-0.2, 0) is 4.79 Å². The molecule has 0 amide bonds. The largest absolute Gasteiger partial charge is 0.493 e. The number of hydrogen-bond acceptors (Lipinski definition) is 4. The van der Waals surface area contributed by atoms with Gasteiger partial charge in [-0.25, -0.2) is 0 Å². The highest BCUT2D eigenvalue weighted by atomic mass is 35.5. The molecule has 0 saturated carbocycles. The van der Waals surface area contributed by atoms with Crippen molar-refractivity contribution in [3.05, 3.63) is 23.8 Å². The summed E-state index contributed by atoms with van der Waals surface area (Å²) in [4.78, 5) is 21.9. The van der Waals surface area contributed by atoms with Crippen molar-refractivity contribution in [2.24, 2.45) is 0 Å². The maximum Gasteiger partial charge on any atom is 0.308 e. The fraction of sp³-hybridized carbons (Fsp3) is 0.200. The zero-order chi connectivity index (χ0) is 11.4. The summed E-state index contributed by atoms with van der Waals surface area (Å²) < 4.78 is 9.81. The van der Waals surface area contributed by atoms with Gasteiger partial charge in [-0.2, -0.15) is 0 Å². The molecule has 0 aliphatic heterocycles. The smallest absolute Gasteiger partial charge is 0.308 e. The number of carbonyl (C=O) groups excluding carboxylic acids is 2. The number of benzene rings is 1. The molecule has 4 nitrogen and oxygen atoms in total. The summed E-state index contributed by atoms with van der Waals surface area (Å²) in [6, 6.07) is 4.61. The van der Waals surface area contributed by atoms with Gasteiger partial charge in [0.25, 0.3) is 5.24 Å². The van der Waals surface area contributed by atoms with Crippen molar-refractivity contribution in [1.82, 2.24) is 0 Å². The van der Waals surface area contributed by atoms with E-state index in [-0.39, 0.29) is 17.1 Å². The average molecular weight is 229 g/mol. The van der Waals surface area contributed by atoms with Gasteiger partial charge in [0, 0.05) is 6.92 Å². The number of ether oxygens (including phenoxy) is 2. The predicted molar refractivity (Wildman–Crippen MR) is 54.5 cm³/mol. The lowest BCUT2D eigenvalue weighted by molar-refractivity contribution is -0.132. The molecule has 0 aliphatic carbocycles. The fourth-order valence-electron chi connectivity index (χ4n) is 1.08. The minimum atomic E-state index is -0.704. The van der Waals surface area contributed by atoms with Crippen LogP contribution in [0.15, 0.2) is 18.2 Å². The molecule has 0 bridgehead atoms. The monoisotopic (exact) mass is 228 g/mol. The van der Waals surface area contributed by atoms with Gasteiger partial charge in [0.15, 0.2) is 11.5 Å². The third kappa shape index (κ3) is 2.70. The topological polar surface area (TPSA) is 52.6 Å². The molecule has 0 spiro atoms. The molecule has 0 N–H and O–H groups in total. The van der Waals surface area contributed by atoms with Crippen LogP contribution in [0.3, 0.4) is 0 Å². The van der Waals surface area contributed by atoms with Crippen molar-refractivity contribution in [2.75, 3.05) is 7.11 Å². The van der Waals surface area contributed by atoms with Crippen molar-refractivity contribution in [3.8, 4) is 11.5 Å². The van der Waals surface area contributed by atoms with Gasteiger partial charge in [0.2, 0.25) is 0 Å². The number of carbonyl (C=O) groups is 2. The SMILES string of the molecule is COc1cccc(C(=O)Cl)c1OC(C)=O. The molecular formula is C10H9ClO4. The van der Waals surface area contributed by atoms with Gasteiger partial charge >= 0.3 is 5.97 Å². The molecule has 0 radical (unpaired) electrons. The molecule has 80 valence electrons. The van der Waals surface area contributed by atoms with Crippen LogP contribution in [0.25, 0.3) is 0 Å². The van der Waals surface area contributed by atoms with Crippen LogP contribution < -0.4 is 9.47 Å². The van der Waals surface area contributed by atoms with E-state index in [0.29, 0.717) is 0 Å². The van der Waals surface area contributed by atoms with Gasteiger partial charge in [0.1, 0.15) is 0 Å². The minimum absolute atomic E-state index is 0.0486. The van der Waals surface area contributed by atoms with Gasteiger partial charge < -0.3 is 9.47 Å². The lowest BCUT2D eigenvalue weighted by Crippen LogP contribution is -2.06. The summed E-state index contributed by atoms with van der Waals surface area (Å²) in [5.41, 5.74) is 0.103. The normalized spacial score (nSPS) is 9.53. The summed E-state index contributed by atoms with van der Waals surface area (Å²) in [6.07, 6.45) is 0. The molecule has 0 aliphatic rings. The second kappa shape index (κ2) is 4.79. The van der Waals surface area contributed by atoms with Crippen LogP contribution >= 0.6 is 11.6 Å². The van der Waals surface area contributed by atoms with Crippen molar-refractivity contribution in [2.45, 2.75) is 6.92 Å². The molecular weight excluding hydrogens is 220 g/mol. The molecule has 0 heterocycles. The maximum atomic E-state index is 11.0. The van der Waals surface area contributed by atoms with E-state index in [1.165, 1.54) is 20.1 Å². The summed E-state index contributed by atoms with van der Waals surface area (Å²) >= 11 is 5.33. The first-order valence-electron chi connectivity index (χ1n) is 4.11. The van der Waals surface area contributed by atoms with Gasteiger partial charge in [-0.15, -0.1) is 0 Å². The Morgan fingerprint density at radius 3 is 2.47 bits per heavy atom. The summed E-state index contributed by atoms with van der Waals surface area (Å²) in [5, 5.41) is -0.704. The molecule has 1 rings (SSSR count). The quantitative estimate of drug-likeness (QED) is 0.451. The van der Waals surface area contributed by atoms with E-state index in [9.17, 15) is 9.59 Å². The molecule has 1 aromatic rings. The van der Waals surface area contributed by atoms with E-state index in [1.807, 2.05) is 0 Å². The van der Waals surface area contributed by atoms with Gasteiger partial charge in [-0.05, 0) is 23.7 Å². The Morgan fingerprint density at radius 2 is 2.00 bits per heavy atom. The number of para-hydroxylation sites is 1. The van der Waals surface area contributed by atoms with Crippen LogP contribution in [0.5, 0.6) is 11.5 Å². The van der Waals surface area contributed by atoms with E-state index in [4.69, 9.17) is 21.1 Å². The standard InChI is InChI=1S/C10H9ClO4/c1-6(12)15-9-7(10(11)13)4-3-5-8(9)14-2/h3-5H,1-2H3. The number of methoxy groups -OCH3 is 1. The Labute approximate surface area is 91.7 Å². The first-order valence-corrected chi connectivity index (χ1v) is 4.49. The number of hydrogen-bond donors (Lipinski definition) is 0. The van der Waals surface area contributed by atoms with E-state index in [2.05, 4.69) is 0 Å². The number of esters is 1. The highest BCUT2D eigenvalue weighted by molar-refractivity contribution is 6.68. The molecule has 0 aromatic heterocycles. The van der Waals surface area contributed by atoms with Gasteiger partial charge in [-0.3, -0.25) is 9.59 Å². The van der Waals surface area contributed by atoms with E-state index < -0.39 is 11.2 Å². The van der Waals surface area contributed by atoms with Crippen LogP contribution in [-0.4, -0.2) is 18.3 Å². The summed E-state index contributed by atoms with van der Waals surface area (Å²) in [6.45, 7) is 1.23. The minimum Gasteiger partial charge on any atom is -0.493 e. The highest BCUT2D eigenvalue weighted by Crippen LogP contribution is 2.32. The summed E-state index contributed by atoms with van der Waals surface area (Å²) in [5.74, 6) is -0.206. The van der Waals surface area contributed by atoms with Gasteiger partial charge in [-0.1, -0.05) is 6.07 Å². The van der Waals surface area contributed by atoms with Crippen LogP contribution in [0.2, 0.25) is 0 Å². The molecule has 0 atom stereocenters. The molecule has 0 unspecified atom stereocenters. The Morgan fingerprint density at radius 1 is 1.33 bits per heavy atom. The molecule has 15 heavy (non-hydrogen) atoms. The van der Waals surface area contributed by atoms with Crippen LogP contribution in [0.4, 0.5) is 0 Å². The zero-order valence-electron chi connectivity index (χ0n) is 8.24. The fourth-order valence-corrected chi connectivity index (χ4v) is 1.23. The molecule has 0 saturated heterocycles. The second-order valence-corrected chi connectivity index (χ2v) is 3.05. The average Bonchev–Trinajstić information content (AvgIpc) is 2.16. The van der Waals surface area contributed by atoms with Crippen LogP contribution in [0.1, 0.15) is 17.3 Å². The van der Waals surface area contributed by atoms with Crippen LogP contribution in [0, 0.1) is 0 Å². The van der Waals surface area contributed by atoms with Crippen molar-refractivity contribution in [3.63, 3.8) is 0 Å². The highest BCUT2D eigenvalue weighted by Gasteiger charge is 2.16. The number of rotatable bonds is 3. The van der Waals surface area contributed by atoms with E-state index in [0.717, 1.165) is 0 Å². The second-order valence-electron chi connectivity index (χ2n) is 2.70. The summed E-state index contributed by atoms with van der Waals surface area (Å²) in [7, 11) is 1.41. The third-order valence-electron chi connectivity index (χ3n) is 1.66. The van der Waals surface area contributed by atoms with Gasteiger partial charge in [0.05, 0.1) is 12.7 Å². The Balaban J connectivity index is 3.26. The van der Waals surface area contributed by atoms with Crippen molar-refractivity contribution >= 4 is 22.8 Å². The lowest BCUT2D eigenvalue weighted by Gasteiger charge is -2.10. The van der Waals surface area contributed by atoms with Crippen molar-refractivity contribution < 1.29 is 19.1 Å². The molecule has 0 fully saturated rings. The Bertz CT molecular complexity index is 400. The first-order chi connectivity index (χ1) is 7.06. The number of halogens is 1. The molecule has 1 aromatic carbocycles. The Hall–Kier alpha value is -1.55. The van der Waals surface area contributed by atoms with Crippen molar-refractivity contribution in [1.29, 1.82) is 0 Å². The lowest BCUT2D eigenvalue weighted by atomic mass is 10.2. The first kappa shape index (κ1) is 11.5. The predicted octanol–water partition coefficient (Wildman–Crippen LogP) is 2.00. The Kier molecular flexibility index (Phi) is 3.68. The van der Waals surface area contributed by atoms with E-state index >= 15 is 0 Å².